The first kappa shape index (κ1) is 29.4. The van der Waals surface area contributed by atoms with Crippen LogP contribution in [0.15, 0.2) is 36.7 Å². The van der Waals surface area contributed by atoms with Crippen molar-refractivity contribution in [3.8, 4) is 11.3 Å². The molecule has 41 heavy (non-hydrogen) atoms. The van der Waals surface area contributed by atoms with Crippen LogP contribution in [0, 0.1) is 5.82 Å². The highest BCUT2D eigenvalue weighted by Crippen LogP contribution is 2.36. The van der Waals surface area contributed by atoms with E-state index in [0.717, 1.165) is 11.6 Å². The predicted octanol–water partition coefficient (Wildman–Crippen LogP) is 5.00. The third kappa shape index (κ3) is 6.53. The molecule has 9 nitrogen and oxygen atoms in total. The lowest BCUT2D eigenvalue weighted by Gasteiger charge is -2.38. The van der Waals surface area contributed by atoms with Gasteiger partial charge in [-0.3, -0.25) is 9.59 Å². The minimum absolute atomic E-state index is 0.0307. The number of ether oxygens (including phenoxy) is 2. The van der Waals surface area contributed by atoms with Crippen LogP contribution < -0.4 is 4.90 Å². The van der Waals surface area contributed by atoms with Gasteiger partial charge in [-0.1, -0.05) is 31.2 Å². The Kier molecular flexibility index (Phi) is 8.60. The first-order valence-corrected chi connectivity index (χ1v) is 17.8. The second kappa shape index (κ2) is 12.0. The van der Waals surface area contributed by atoms with Crippen molar-refractivity contribution in [1.82, 2.24) is 19.7 Å². The van der Waals surface area contributed by atoms with E-state index in [-0.39, 0.29) is 49.2 Å². The van der Waals surface area contributed by atoms with Crippen molar-refractivity contribution in [2.24, 2.45) is 0 Å². The number of hydrogen-bond donors (Lipinski definition) is 0. The van der Waals surface area contributed by atoms with Crippen LogP contribution in [0.2, 0.25) is 30.7 Å². The van der Waals surface area contributed by atoms with Crippen LogP contribution in [0.4, 0.5) is 10.1 Å². The van der Waals surface area contributed by atoms with Gasteiger partial charge in [-0.25, -0.2) is 14.1 Å². The fourth-order valence-electron chi connectivity index (χ4n) is 4.89. The number of benzene rings is 1. The molecule has 2 amide bonds. The van der Waals surface area contributed by atoms with Gasteiger partial charge < -0.3 is 19.3 Å². The van der Waals surface area contributed by atoms with E-state index in [2.05, 4.69) is 29.7 Å². The Labute approximate surface area is 245 Å². The summed E-state index contributed by atoms with van der Waals surface area (Å²) < 4.78 is 29.6. The second-order valence-corrected chi connectivity index (χ2v) is 17.8. The Balaban J connectivity index is 1.31. The van der Waals surface area contributed by atoms with Crippen molar-refractivity contribution in [1.29, 1.82) is 0 Å². The normalized spacial score (nSPS) is 15.7. The average molecular weight is 600 g/mol. The molecule has 0 N–H and O–H groups in total. The summed E-state index contributed by atoms with van der Waals surface area (Å²) in [4.78, 5) is 32.1. The molecule has 0 unspecified atom stereocenters. The third-order valence-electron chi connectivity index (χ3n) is 7.43. The van der Waals surface area contributed by atoms with E-state index in [0.29, 0.717) is 53.6 Å². The number of halogens is 2. The predicted molar refractivity (Wildman–Crippen MR) is 157 cm³/mol. The Bertz CT molecular complexity index is 1450. The summed E-state index contributed by atoms with van der Waals surface area (Å²) in [6, 6.07) is 7.80. The van der Waals surface area contributed by atoms with Crippen molar-refractivity contribution in [2.45, 2.75) is 58.0 Å². The second-order valence-electron chi connectivity index (χ2n) is 11.7. The van der Waals surface area contributed by atoms with Crippen LogP contribution in [-0.4, -0.2) is 72.4 Å². The molecule has 0 atom stereocenters. The molecule has 0 saturated carbocycles. The summed E-state index contributed by atoms with van der Waals surface area (Å²) in [7, 11) is 0.427. The quantitative estimate of drug-likeness (QED) is 0.241. The summed E-state index contributed by atoms with van der Waals surface area (Å²) in [5.41, 5.74) is 2.88. The molecule has 218 valence electrons. The standard InChI is InChI=1S/C29H35ClFN5O4Si/c1-34-24-9-7-22(26(31)21(24)8-10-25(34)37)27-19(14-36(33-27)18-39-12-13-41(2,3)4)17-40-20-15-35(16-20)29(38)28-23(30)6-5-11-32-28/h5-7,9,11,14,20H,8,10,12-13,15-18H2,1-4H3. The molecule has 12 heteroatoms. The number of pyridine rings is 1. The van der Waals surface area contributed by atoms with Crippen LogP contribution in [0.5, 0.6) is 0 Å². The number of aromatic nitrogens is 3. The lowest BCUT2D eigenvalue weighted by atomic mass is 9.96. The van der Waals surface area contributed by atoms with Gasteiger partial charge in [0.1, 0.15) is 23.9 Å². The highest BCUT2D eigenvalue weighted by atomic mass is 35.5. The van der Waals surface area contributed by atoms with Crippen LogP contribution >= 0.6 is 11.6 Å². The van der Waals surface area contributed by atoms with Crippen molar-refractivity contribution in [3.63, 3.8) is 0 Å². The van der Waals surface area contributed by atoms with Gasteiger partial charge in [0.15, 0.2) is 0 Å². The highest BCUT2D eigenvalue weighted by Gasteiger charge is 2.34. The maximum absolute atomic E-state index is 15.9. The molecule has 2 aliphatic heterocycles. The maximum atomic E-state index is 15.9. The van der Waals surface area contributed by atoms with Gasteiger partial charge in [-0.2, -0.15) is 5.10 Å². The summed E-state index contributed by atoms with van der Waals surface area (Å²) >= 11 is 6.13. The zero-order valence-corrected chi connectivity index (χ0v) is 25.6. The molecule has 0 aliphatic carbocycles. The van der Waals surface area contributed by atoms with E-state index in [9.17, 15) is 9.59 Å². The monoisotopic (exact) mass is 599 g/mol. The van der Waals surface area contributed by atoms with E-state index in [1.165, 1.54) is 11.1 Å². The van der Waals surface area contributed by atoms with Crippen LogP contribution in [-0.2, 0) is 34.0 Å². The van der Waals surface area contributed by atoms with Crippen molar-refractivity contribution < 1.29 is 23.5 Å². The molecule has 4 heterocycles. The van der Waals surface area contributed by atoms with Gasteiger partial charge in [0.05, 0.1) is 17.7 Å². The van der Waals surface area contributed by atoms with E-state index in [4.69, 9.17) is 21.1 Å². The number of amides is 2. The van der Waals surface area contributed by atoms with Crippen LogP contribution in [0.3, 0.4) is 0 Å². The van der Waals surface area contributed by atoms with E-state index in [1.54, 1.807) is 40.9 Å². The fraction of sp³-hybridized carbons (Fsp3) is 0.448. The number of carbonyl (C=O) groups is 2. The number of anilines is 1. The van der Waals surface area contributed by atoms with Crippen LogP contribution in [0.1, 0.15) is 28.0 Å². The number of rotatable bonds is 10. The first-order chi connectivity index (χ1) is 19.5. The molecule has 2 aliphatic rings. The zero-order valence-electron chi connectivity index (χ0n) is 23.8. The molecule has 1 fully saturated rings. The summed E-state index contributed by atoms with van der Waals surface area (Å²) in [6.07, 6.45) is 3.79. The minimum atomic E-state index is -1.24. The van der Waals surface area contributed by atoms with E-state index < -0.39 is 8.07 Å². The lowest BCUT2D eigenvalue weighted by molar-refractivity contribution is -0.118. The number of carbonyl (C=O) groups excluding carboxylic acids is 2. The highest BCUT2D eigenvalue weighted by molar-refractivity contribution is 6.76. The Morgan fingerprint density at radius 3 is 2.71 bits per heavy atom. The zero-order chi connectivity index (χ0) is 29.3. The maximum Gasteiger partial charge on any atom is 0.274 e. The number of likely N-dealkylation sites (tertiary alicyclic amines) is 1. The molecule has 2 aromatic heterocycles. The molecule has 1 saturated heterocycles. The molecule has 1 aromatic carbocycles. The van der Waals surface area contributed by atoms with Gasteiger partial charge in [0.2, 0.25) is 5.91 Å². The van der Waals surface area contributed by atoms with Crippen molar-refractivity contribution >= 4 is 37.2 Å². The lowest BCUT2D eigenvalue weighted by Crippen LogP contribution is -2.54. The van der Waals surface area contributed by atoms with Gasteiger partial charge in [-0.05, 0) is 36.7 Å². The topological polar surface area (TPSA) is 89.8 Å². The molecule has 0 spiro atoms. The van der Waals surface area contributed by atoms with Gasteiger partial charge >= 0.3 is 0 Å². The Morgan fingerprint density at radius 1 is 1.20 bits per heavy atom. The number of nitrogens with zero attached hydrogens (tertiary/aromatic N) is 5. The number of fused-ring (bicyclic) bond motifs is 1. The molecular weight excluding hydrogens is 565 g/mol. The molecule has 5 rings (SSSR count). The van der Waals surface area contributed by atoms with Gasteiger partial charge in [-0.15, -0.1) is 0 Å². The summed E-state index contributed by atoms with van der Waals surface area (Å²) in [5, 5.41) is 5.00. The Morgan fingerprint density at radius 2 is 1.98 bits per heavy atom. The molecular formula is C29H35ClFN5O4Si. The van der Waals surface area contributed by atoms with Gasteiger partial charge in [0.25, 0.3) is 5.91 Å². The van der Waals surface area contributed by atoms with Gasteiger partial charge in [0, 0.05) is 76.0 Å². The van der Waals surface area contributed by atoms with Crippen LogP contribution in [0.25, 0.3) is 11.3 Å². The smallest absolute Gasteiger partial charge is 0.274 e. The van der Waals surface area contributed by atoms with E-state index >= 15 is 4.39 Å². The largest absolute Gasteiger partial charge is 0.370 e. The summed E-state index contributed by atoms with van der Waals surface area (Å²) in [6.45, 7) is 8.76. The summed E-state index contributed by atoms with van der Waals surface area (Å²) in [5.74, 6) is -0.642. The molecule has 0 radical (unpaired) electrons. The fourth-order valence-corrected chi connectivity index (χ4v) is 5.85. The minimum Gasteiger partial charge on any atom is -0.370 e. The third-order valence-corrected chi connectivity index (χ3v) is 9.44. The molecule has 3 aromatic rings. The first-order valence-electron chi connectivity index (χ1n) is 13.8. The number of hydrogen-bond acceptors (Lipinski definition) is 6. The van der Waals surface area contributed by atoms with E-state index in [1.807, 2.05) is 6.20 Å². The van der Waals surface area contributed by atoms with Crippen molar-refractivity contribution in [3.05, 3.63) is 64.3 Å². The Hall–Kier alpha value is -3.12. The SMILES string of the molecule is CN1C(=O)CCc2c1ccc(-c1nn(COCC[Si](C)(C)C)cc1COC1CN(C(=O)c3ncccc3Cl)C1)c2F. The molecule has 0 bridgehead atoms. The van der Waals surface area contributed by atoms with Crippen molar-refractivity contribution in [2.75, 3.05) is 31.6 Å². The average Bonchev–Trinajstić information content (AvgIpc) is 3.30.